The maximum Gasteiger partial charge on any atom is 0.171 e. The molecular formula is C16H17FO3. The van der Waals surface area contributed by atoms with Gasteiger partial charge < -0.3 is 14.6 Å². The summed E-state index contributed by atoms with van der Waals surface area (Å²) in [6.07, 6.45) is -0.638. The Labute approximate surface area is 117 Å². The number of aliphatic hydroxyl groups excluding tert-OH is 1. The second kappa shape index (κ2) is 6.39. The molecule has 4 heteroatoms. The van der Waals surface area contributed by atoms with Crippen LogP contribution >= 0.6 is 0 Å². The molecule has 0 fully saturated rings. The lowest BCUT2D eigenvalue weighted by Crippen LogP contribution is -2.03. The van der Waals surface area contributed by atoms with E-state index >= 15 is 0 Å². The number of benzene rings is 2. The first-order valence-corrected chi connectivity index (χ1v) is 6.34. The highest BCUT2D eigenvalue weighted by atomic mass is 19.1. The molecular weight excluding hydrogens is 259 g/mol. The van der Waals surface area contributed by atoms with Gasteiger partial charge in [0.2, 0.25) is 0 Å². The van der Waals surface area contributed by atoms with Crippen LogP contribution in [0.15, 0.2) is 42.5 Å². The van der Waals surface area contributed by atoms with Crippen LogP contribution in [0.1, 0.15) is 24.2 Å². The average molecular weight is 276 g/mol. The van der Waals surface area contributed by atoms with Crippen LogP contribution in [0.2, 0.25) is 0 Å². The molecule has 0 saturated carbocycles. The van der Waals surface area contributed by atoms with E-state index in [0.717, 1.165) is 0 Å². The minimum atomic E-state index is -0.638. The van der Waals surface area contributed by atoms with E-state index in [9.17, 15) is 9.50 Å². The highest BCUT2D eigenvalue weighted by molar-refractivity contribution is 5.36. The normalized spacial score (nSPS) is 12.0. The Morgan fingerprint density at radius 2 is 1.80 bits per heavy atom. The van der Waals surface area contributed by atoms with Crippen molar-refractivity contribution in [2.45, 2.75) is 19.6 Å². The first kappa shape index (κ1) is 14.3. The molecule has 20 heavy (non-hydrogen) atoms. The molecule has 2 aromatic carbocycles. The van der Waals surface area contributed by atoms with Crippen LogP contribution < -0.4 is 9.47 Å². The average Bonchev–Trinajstić information content (AvgIpc) is 2.46. The summed E-state index contributed by atoms with van der Waals surface area (Å²) < 4.78 is 24.5. The Balaban J connectivity index is 2.17. The minimum absolute atomic E-state index is 0.0762. The summed E-state index contributed by atoms with van der Waals surface area (Å²) in [6, 6.07) is 12.1. The lowest BCUT2D eigenvalue weighted by atomic mass is 10.1. The SMILES string of the molecule is COc1cccc(COc2ccccc2[C@@H](C)O)c1F. The number of methoxy groups -OCH3 is 1. The zero-order valence-corrected chi connectivity index (χ0v) is 11.5. The van der Waals surface area contributed by atoms with Crippen molar-refractivity contribution in [3.8, 4) is 11.5 Å². The van der Waals surface area contributed by atoms with Crippen molar-refractivity contribution >= 4 is 0 Å². The molecule has 0 spiro atoms. The van der Waals surface area contributed by atoms with Gasteiger partial charge in [-0.2, -0.15) is 0 Å². The Morgan fingerprint density at radius 3 is 2.50 bits per heavy atom. The second-order valence-corrected chi connectivity index (χ2v) is 4.44. The van der Waals surface area contributed by atoms with Gasteiger partial charge in [-0.15, -0.1) is 0 Å². The molecule has 0 aliphatic heterocycles. The molecule has 0 unspecified atom stereocenters. The van der Waals surface area contributed by atoms with Crippen molar-refractivity contribution < 1.29 is 19.0 Å². The largest absolute Gasteiger partial charge is 0.494 e. The summed E-state index contributed by atoms with van der Waals surface area (Å²) in [6.45, 7) is 1.74. The van der Waals surface area contributed by atoms with Gasteiger partial charge in [0.1, 0.15) is 12.4 Å². The lowest BCUT2D eigenvalue weighted by Gasteiger charge is -2.14. The fourth-order valence-corrected chi connectivity index (χ4v) is 1.94. The summed E-state index contributed by atoms with van der Waals surface area (Å²) in [5, 5.41) is 9.66. The molecule has 1 atom stereocenters. The third-order valence-electron chi connectivity index (χ3n) is 3.02. The number of ether oxygens (including phenoxy) is 2. The molecule has 0 aliphatic rings. The van der Waals surface area contributed by atoms with E-state index in [2.05, 4.69) is 0 Å². The number of para-hydroxylation sites is 1. The Morgan fingerprint density at radius 1 is 1.10 bits per heavy atom. The van der Waals surface area contributed by atoms with Crippen LogP contribution in [0.5, 0.6) is 11.5 Å². The number of hydrogen-bond acceptors (Lipinski definition) is 3. The first-order valence-electron chi connectivity index (χ1n) is 6.34. The van der Waals surface area contributed by atoms with E-state index in [-0.39, 0.29) is 12.4 Å². The van der Waals surface area contributed by atoms with Crippen LogP contribution in [0.4, 0.5) is 4.39 Å². The standard InChI is InChI=1S/C16H17FO3/c1-11(18)13-7-3-4-8-14(13)20-10-12-6-5-9-15(19-2)16(12)17/h3-9,11,18H,10H2,1-2H3/t11-/m1/s1. The molecule has 0 radical (unpaired) electrons. The van der Waals surface area contributed by atoms with E-state index < -0.39 is 11.9 Å². The molecule has 1 N–H and O–H groups in total. The van der Waals surface area contributed by atoms with Gasteiger partial charge in [0, 0.05) is 11.1 Å². The predicted molar refractivity (Wildman–Crippen MR) is 74.4 cm³/mol. The topological polar surface area (TPSA) is 38.7 Å². The van der Waals surface area contributed by atoms with Crippen LogP contribution in [0, 0.1) is 5.82 Å². The quantitative estimate of drug-likeness (QED) is 0.908. The van der Waals surface area contributed by atoms with Crippen LogP contribution in [-0.4, -0.2) is 12.2 Å². The molecule has 0 aromatic heterocycles. The van der Waals surface area contributed by atoms with Crippen molar-refractivity contribution in [2.75, 3.05) is 7.11 Å². The lowest BCUT2D eigenvalue weighted by molar-refractivity contribution is 0.189. The van der Waals surface area contributed by atoms with Gasteiger partial charge in [0.15, 0.2) is 11.6 Å². The number of rotatable bonds is 5. The maximum atomic E-state index is 14.0. The first-order chi connectivity index (χ1) is 9.63. The van der Waals surface area contributed by atoms with E-state index in [4.69, 9.17) is 9.47 Å². The van der Waals surface area contributed by atoms with Crippen molar-refractivity contribution in [1.29, 1.82) is 0 Å². The number of hydrogen-bond donors (Lipinski definition) is 1. The van der Waals surface area contributed by atoms with Gasteiger partial charge in [-0.05, 0) is 19.1 Å². The van der Waals surface area contributed by atoms with Gasteiger partial charge in [-0.25, -0.2) is 4.39 Å². The number of aliphatic hydroxyl groups is 1. The van der Waals surface area contributed by atoms with Crippen molar-refractivity contribution in [2.24, 2.45) is 0 Å². The smallest absolute Gasteiger partial charge is 0.171 e. The van der Waals surface area contributed by atoms with E-state index in [1.54, 1.807) is 37.3 Å². The molecule has 0 aliphatic carbocycles. The molecule has 0 amide bonds. The van der Waals surface area contributed by atoms with E-state index in [0.29, 0.717) is 16.9 Å². The van der Waals surface area contributed by atoms with Gasteiger partial charge in [0.05, 0.1) is 13.2 Å². The third-order valence-corrected chi connectivity index (χ3v) is 3.02. The second-order valence-electron chi connectivity index (χ2n) is 4.44. The highest BCUT2D eigenvalue weighted by Crippen LogP contribution is 2.26. The summed E-state index contributed by atoms with van der Waals surface area (Å²) in [7, 11) is 1.42. The Bertz CT molecular complexity index is 582. The van der Waals surface area contributed by atoms with Gasteiger partial charge >= 0.3 is 0 Å². The summed E-state index contributed by atoms with van der Waals surface area (Å²) in [4.78, 5) is 0. The van der Waals surface area contributed by atoms with Crippen LogP contribution in [0.3, 0.4) is 0 Å². The predicted octanol–water partition coefficient (Wildman–Crippen LogP) is 3.47. The number of halogens is 1. The van der Waals surface area contributed by atoms with Gasteiger partial charge in [-0.3, -0.25) is 0 Å². The molecule has 2 rings (SSSR count). The van der Waals surface area contributed by atoms with Crippen LogP contribution in [-0.2, 0) is 6.61 Å². The molecule has 0 heterocycles. The fourth-order valence-electron chi connectivity index (χ4n) is 1.94. The van der Waals surface area contributed by atoms with E-state index in [1.165, 1.54) is 7.11 Å². The maximum absolute atomic E-state index is 14.0. The summed E-state index contributed by atoms with van der Waals surface area (Å²) in [5.74, 6) is 0.309. The zero-order valence-electron chi connectivity index (χ0n) is 11.5. The molecule has 2 aromatic rings. The van der Waals surface area contributed by atoms with E-state index in [1.807, 2.05) is 12.1 Å². The molecule has 0 bridgehead atoms. The molecule has 0 saturated heterocycles. The van der Waals surface area contributed by atoms with Crippen molar-refractivity contribution in [3.05, 3.63) is 59.4 Å². The van der Waals surface area contributed by atoms with Crippen LogP contribution in [0.25, 0.3) is 0 Å². The summed E-state index contributed by atoms with van der Waals surface area (Å²) >= 11 is 0. The Hall–Kier alpha value is -2.07. The minimum Gasteiger partial charge on any atom is -0.494 e. The Kier molecular flexibility index (Phi) is 4.58. The van der Waals surface area contributed by atoms with Gasteiger partial charge in [-0.1, -0.05) is 30.3 Å². The summed E-state index contributed by atoms with van der Waals surface area (Å²) in [5.41, 5.74) is 1.08. The molecule has 106 valence electrons. The third kappa shape index (κ3) is 3.08. The highest BCUT2D eigenvalue weighted by Gasteiger charge is 2.11. The van der Waals surface area contributed by atoms with Crippen molar-refractivity contribution in [3.63, 3.8) is 0 Å². The molecule has 3 nitrogen and oxygen atoms in total. The zero-order chi connectivity index (χ0) is 14.5. The fraction of sp³-hybridized carbons (Fsp3) is 0.250. The van der Waals surface area contributed by atoms with Gasteiger partial charge in [0.25, 0.3) is 0 Å². The monoisotopic (exact) mass is 276 g/mol. The van der Waals surface area contributed by atoms with Crippen molar-refractivity contribution in [1.82, 2.24) is 0 Å².